The number of carbonyl (C=O) groups is 1. The van der Waals surface area contributed by atoms with Gasteiger partial charge in [0.15, 0.2) is 0 Å². The van der Waals surface area contributed by atoms with E-state index >= 15 is 0 Å². The largest absolute Gasteiger partial charge is 0.472 e. The van der Waals surface area contributed by atoms with Crippen LogP contribution in [0.5, 0.6) is 0 Å². The first-order chi connectivity index (χ1) is 28.1. The smallest absolute Gasteiger partial charge is 0.457 e. The first-order valence-electron chi connectivity index (χ1n) is 22.8. The first kappa shape index (κ1) is 55.7. The molecule has 2 unspecified atom stereocenters. The maximum absolute atomic E-state index is 12.7. The van der Waals surface area contributed by atoms with E-state index in [-0.39, 0.29) is 25.8 Å². The number of rotatable bonds is 41. The molecule has 0 spiro atoms. The van der Waals surface area contributed by atoms with Crippen molar-refractivity contribution in [3.05, 3.63) is 85.1 Å². The highest BCUT2D eigenvalue weighted by Gasteiger charge is 2.26. The number of ether oxygens (including phenoxy) is 2. The summed E-state index contributed by atoms with van der Waals surface area (Å²) in [4.78, 5) is 22.9. The third-order valence-electron chi connectivity index (χ3n) is 9.19. The summed E-state index contributed by atoms with van der Waals surface area (Å²) in [5.41, 5.74) is 0. The fourth-order valence-electron chi connectivity index (χ4n) is 5.65. The van der Waals surface area contributed by atoms with Gasteiger partial charge in [-0.25, -0.2) is 4.57 Å². The number of unbranched alkanes of at least 4 members (excludes halogenated alkanes) is 13. The van der Waals surface area contributed by atoms with Crippen molar-refractivity contribution in [2.45, 2.75) is 168 Å². The van der Waals surface area contributed by atoms with Crippen LogP contribution in [0.15, 0.2) is 85.1 Å². The minimum atomic E-state index is -4.29. The molecule has 0 saturated carbocycles. The zero-order valence-electron chi connectivity index (χ0n) is 37.8. The van der Waals surface area contributed by atoms with E-state index in [4.69, 9.17) is 18.5 Å². The number of likely N-dealkylation sites (N-methyl/N-ethyl adjacent to an activating group) is 1. The van der Waals surface area contributed by atoms with Gasteiger partial charge in [0.25, 0.3) is 0 Å². The predicted octanol–water partition coefficient (Wildman–Crippen LogP) is 13.7. The Bertz CT molecular complexity index is 1200. The van der Waals surface area contributed by atoms with Crippen molar-refractivity contribution < 1.29 is 37.3 Å². The summed E-state index contributed by atoms with van der Waals surface area (Å²) in [6.07, 6.45) is 54.7. The topological polar surface area (TPSA) is 91.3 Å². The molecule has 0 aliphatic rings. The normalized spacial score (nSPS) is 14.5. The number of hydrogen-bond donors (Lipinski definition) is 1. The van der Waals surface area contributed by atoms with E-state index in [0.29, 0.717) is 24.1 Å². The Hall–Kier alpha value is -2.32. The molecule has 0 aliphatic carbocycles. The van der Waals surface area contributed by atoms with Crippen molar-refractivity contribution in [2.24, 2.45) is 0 Å². The number of phosphoric ester groups is 1. The van der Waals surface area contributed by atoms with Crippen molar-refractivity contribution >= 4 is 13.8 Å². The molecule has 0 fully saturated rings. The second-order valence-electron chi connectivity index (χ2n) is 16.0. The third-order valence-corrected chi connectivity index (χ3v) is 10.2. The van der Waals surface area contributed by atoms with Gasteiger partial charge in [-0.2, -0.15) is 0 Å². The lowest BCUT2D eigenvalue weighted by atomic mass is 10.1. The molecular formula is C49H87NO7P+. The lowest BCUT2D eigenvalue weighted by Crippen LogP contribution is -2.37. The Kier molecular flexibility index (Phi) is 39.8. The molecule has 58 heavy (non-hydrogen) atoms. The molecule has 0 aliphatic heterocycles. The third kappa shape index (κ3) is 44.8. The molecule has 0 amide bonds. The molecule has 0 heterocycles. The highest BCUT2D eigenvalue weighted by molar-refractivity contribution is 7.47. The van der Waals surface area contributed by atoms with Gasteiger partial charge in [0, 0.05) is 13.0 Å². The number of quaternary nitrogens is 1. The van der Waals surface area contributed by atoms with Gasteiger partial charge in [-0.15, -0.1) is 0 Å². The average molecular weight is 833 g/mol. The van der Waals surface area contributed by atoms with Crippen molar-refractivity contribution in [3.63, 3.8) is 0 Å². The molecule has 2 atom stereocenters. The summed E-state index contributed by atoms with van der Waals surface area (Å²) >= 11 is 0. The number of esters is 1. The van der Waals surface area contributed by atoms with Gasteiger partial charge >= 0.3 is 13.8 Å². The molecule has 0 saturated heterocycles. The van der Waals surface area contributed by atoms with Crippen LogP contribution in [0.2, 0.25) is 0 Å². The van der Waals surface area contributed by atoms with Crippen molar-refractivity contribution in [3.8, 4) is 0 Å². The Balaban J connectivity index is 4.26. The van der Waals surface area contributed by atoms with Crippen LogP contribution < -0.4 is 0 Å². The number of nitrogens with zero attached hydrogens (tertiary/aromatic N) is 1. The van der Waals surface area contributed by atoms with Gasteiger partial charge in [-0.05, 0) is 83.5 Å². The second-order valence-corrected chi connectivity index (χ2v) is 17.5. The molecule has 0 radical (unpaired) electrons. The summed E-state index contributed by atoms with van der Waals surface area (Å²) in [6, 6.07) is 0. The van der Waals surface area contributed by atoms with E-state index < -0.39 is 13.9 Å². The summed E-state index contributed by atoms with van der Waals surface area (Å²) in [6.45, 7) is 5.39. The molecule has 1 N–H and O–H groups in total. The molecule has 0 aromatic carbocycles. The van der Waals surface area contributed by atoms with E-state index in [1.165, 1.54) is 38.5 Å². The monoisotopic (exact) mass is 833 g/mol. The van der Waals surface area contributed by atoms with Gasteiger partial charge < -0.3 is 18.9 Å². The van der Waals surface area contributed by atoms with Crippen LogP contribution in [0.1, 0.15) is 162 Å². The predicted molar refractivity (Wildman–Crippen MR) is 247 cm³/mol. The van der Waals surface area contributed by atoms with E-state index in [1.807, 2.05) is 21.1 Å². The maximum Gasteiger partial charge on any atom is 0.472 e. The molecule has 8 nitrogen and oxygen atoms in total. The van der Waals surface area contributed by atoms with Gasteiger partial charge in [-0.1, -0.05) is 157 Å². The van der Waals surface area contributed by atoms with Crippen LogP contribution in [-0.4, -0.2) is 75.6 Å². The van der Waals surface area contributed by atoms with E-state index in [2.05, 4.69) is 98.9 Å². The Morgan fingerprint density at radius 1 is 0.552 bits per heavy atom. The fraction of sp³-hybridized carbons (Fsp3) is 0.694. The number of allylic oxidation sites excluding steroid dienone is 14. The van der Waals surface area contributed by atoms with Crippen molar-refractivity contribution in [2.75, 3.05) is 54.1 Å². The summed E-state index contributed by atoms with van der Waals surface area (Å²) in [5.74, 6) is -0.338. The standard InChI is InChI=1S/C49H86NO7P/c1-6-8-10-12-14-16-18-20-22-23-24-25-26-27-28-29-31-33-35-37-39-41-44-54-46-48(47-56-58(52,53)55-45-43-50(3,4)5)57-49(51)42-40-38-36-34-32-30-21-19-17-15-13-11-9-7-2/h8,10,13-16,19-22,24-25,27-28,48H,6-7,9,11-12,17-18,23,26,29-47H2,1-5H3/p+1/b10-8-,15-13-,16-14-,21-19-,22-20-,25-24-,28-27-. The Morgan fingerprint density at radius 3 is 1.50 bits per heavy atom. The van der Waals surface area contributed by atoms with Crippen LogP contribution in [0.4, 0.5) is 0 Å². The highest BCUT2D eigenvalue weighted by Crippen LogP contribution is 2.43. The molecule has 0 rings (SSSR count). The highest BCUT2D eigenvalue weighted by atomic mass is 31.2. The number of phosphoric acid groups is 1. The van der Waals surface area contributed by atoms with Crippen LogP contribution in [-0.2, 0) is 27.9 Å². The van der Waals surface area contributed by atoms with Crippen LogP contribution in [0, 0.1) is 0 Å². The zero-order chi connectivity index (χ0) is 42.7. The van der Waals surface area contributed by atoms with Gasteiger partial charge in [-0.3, -0.25) is 13.8 Å². The fourth-order valence-corrected chi connectivity index (χ4v) is 6.39. The summed E-state index contributed by atoms with van der Waals surface area (Å²) in [5, 5.41) is 0. The number of carbonyl (C=O) groups excluding carboxylic acids is 1. The molecular weight excluding hydrogens is 746 g/mol. The van der Waals surface area contributed by atoms with E-state index in [9.17, 15) is 14.3 Å². The lowest BCUT2D eigenvalue weighted by molar-refractivity contribution is -0.870. The van der Waals surface area contributed by atoms with Gasteiger partial charge in [0.1, 0.15) is 19.3 Å². The lowest BCUT2D eigenvalue weighted by Gasteiger charge is -2.24. The quantitative estimate of drug-likeness (QED) is 0.0216. The summed E-state index contributed by atoms with van der Waals surface area (Å²) in [7, 11) is 1.63. The van der Waals surface area contributed by atoms with E-state index in [0.717, 1.165) is 103 Å². The van der Waals surface area contributed by atoms with Gasteiger partial charge in [0.05, 0.1) is 34.4 Å². The molecule has 9 heteroatoms. The zero-order valence-corrected chi connectivity index (χ0v) is 38.6. The number of hydrogen-bond acceptors (Lipinski definition) is 6. The van der Waals surface area contributed by atoms with Crippen LogP contribution in [0.25, 0.3) is 0 Å². The van der Waals surface area contributed by atoms with Crippen LogP contribution >= 0.6 is 7.82 Å². The van der Waals surface area contributed by atoms with Crippen LogP contribution in [0.3, 0.4) is 0 Å². The Morgan fingerprint density at radius 2 is 1.00 bits per heavy atom. The SMILES string of the molecule is CC/C=C\C/C=C\C/C=C\C/C=C\C/C=C\CCCCCCCCOCC(COP(=O)(O)OCC[N+](C)(C)C)OC(=O)CCCCCCC/C=C\C/C=C\CCCC. The average Bonchev–Trinajstić information content (AvgIpc) is 3.18. The second kappa shape index (κ2) is 41.4. The van der Waals surface area contributed by atoms with Crippen molar-refractivity contribution in [1.82, 2.24) is 0 Å². The minimum Gasteiger partial charge on any atom is -0.457 e. The van der Waals surface area contributed by atoms with Gasteiger partial charge in [0.2, 0.25) is 0 Å². The first-order valence-corrected chi connectivity index (χ1v) is 24.3. The van der Waals surface area contributed by atoms with Crippen molar-refractivity contribution in [1.29, 1.82) is 0 Å². The van der Waals surface area contributed by atoms with E-state index in [1.54, 1.807) is 0 Å². The maximum atomic E-state index is 12.7. The molecule has 334 valence electrons. The molecule has 0 bridgehead atoms. The molecule has 0 aromatic heterocycles. The summed E-state index contributed by atoms with van der Waals surface area (Å²) < 4.78 is 35.0. The molecule has 0 aromatic rings. The minimum absolute atomic E-state index is 0.0777. The Labute approximate surface area is 356 Å².